The average molecular weight is 195 g/mol. The van der Waals surface area contributed by atoms with E-state index in [0.717, 1.165) is 0 Å². The van der Waals surface area contributed by atoms with E-state index in [1.165, 1.54) is 7.11 Å². The van der Waals surface area contributed by atoms with Crippen molar-refractivity contribution >= 4 is 5.97 Å². The van der Waals surface area contributed by atoms with E-state index in [1.54, 1.807) is 25.3 Å². The molecule has 0 amide bonds. The number of hydrogen-bond donors (Lipinski definition) is 0. The van der Waals surface area contributed by atoms with E-state index in [9.17, 15) is 4.79 Å². The zero-order chi connectivity index (χ0) is 11.3. The first-order chi connectivity index (χ1) is 7.20. The Balaban J connectivity index is 3.03. The van der Waals surface area contributed by atoms with Gasteiger partial charge in [-0.2, -0.15) is 0 Å². The molecule has 76 valence electrons. The Morgan fingerprint density at radius 2 is 2.29 bits per heavy atom. The van der Waals surface area contributed by atoms with E-state index in [4.69, 9.17) is 6.11 Å². The van der Waals surface area contributed by atoms with Gasteiger partial charge < -0.3 is 9.47 Å². The fraction of sp³-hybridized carbons (Fsp3) is 0.364. The van der Waals surface area contributed by atoms with Crippen molar-refractivity contribution in [1.82, 2.24) is 0 Å². The molecule has 1 aromatic rings. The van der Waals surface area contributed by atoms with Gasteiger partial charge in [-0.25, -0.2) is 4.79 Å². The van der Waals surface area contributed by atoms with Crippen LogP contribution >= 0.6 is 0 Å². The van der Waals surface area contributed by atoms with Crippen LogP contribution in [-0.4, -0.2) is 26.8 Å². The Kier molecular flexibility index (Phi) is 3.55. The second-order valence-electron chi connectivity index (χ2n) is 2.80. The highest BCUT2D eigenvalue weighted by atomic mass is 16.5. The van der Waals surface area contributed by atoms with Crippen molar-refractivity contribution in [1.29, 1.82) is 0 Å². The zero-order valence-electron chi connectivity index (χ0n) is 9.37. The van der Waals surface area contributed by atoms with Crippen LogP contribution in [0.2, 0.25) is 0 Å². The van der Waals surface area contributed by atoms with Crippen molar-refractivity contribution < 1.29 is 15.6 Å². The second-order valence-corrected chi connectivity index (χ2v) is 2.80. The highest BCUT2D eigenvalue weighted by Crippen LogP contribution is 2.10. The predicted molar refractivity (Wildman–Crippen MR) is 53.4 cm³/mol. The van der Waals surface area contributed by atoms with Crippen LogP contribution in [0.5, 0.6) is 0 Å². The van der Waals surface area contributed by atoms with E-state index in [-0.39, 0.29) is 0 Å². The molecule has 0 saturated carbocycles. The SMILES string of the molecule is [2H]c1cccc(C(=O)OC)c1CCOC. The van der Waals surface area contributed by atoms with Crippen LogP contribution in [0, 0.1) is 0 Å². The Bertz CT molecular complexity index is 350. The molecule has 0 bridgehead atoms. The molecule has 0 unspecified atom stereocenters. The Morgan fingerprint density at radius 1 is 1.50 bits per heavy atom. The number of rotatable bonds is 4. The van der Waals surface area contributed by atoms with Crippen molar-refractivity contribution in [3.63, 3.8) is 0 Å². The lowest BCUT2D eigenvalue weighted by atomic mass is 10.1. The van der Waals surface area contributed by atoms with Gasteiger partial charge in [0.05, 0.1) is 20.7 Å². The summed E-state index contributed by atoms with van der Waals surface area (Å²) < 4.78 is 17.3. The van der Waals surface area contributed by atoms with Crippen LogP contribution in [0.25, 0.3) is 0 Å². The molecule has 0 aliphatic heterocycles. The lowest BCUT2D eigenvalue weighted by Gasteiger charge is -2.06. The van der Waals surface area contributed by atoms with E-state index < -0.39 is 5.97 Å². The average Bonchev–Trinajstić information content (AvgIpc) is 2.26. The summed E-state index contributed by atoms with van der Waals surface area (Å²) in [6.45, 7) is 0.486. The van der Waals surface area contributed by atoms with Gasteiger partial charge in [0.25, 0.3) is 0 Å². The smallest absolute Gasteiger partial charge is 0.338 e. The summed E-state index contributed by atoms with van der Waals surface area (Å²) in [5.74, 6) is -0.407. The van der Waals surface area contributed by atoms with Gasteiger partial charge in [-0.3, -0.25) is 0 Å². The molecular weight excluding hydrogens is 180 g/mol. The lowest BCUT2D eigenvalue weighted by molar-refractivity contribution is 0.0599. The minimum Gasteiger partial charge on any atom is -0.465 e. The van der Waals surface area contributed by atoms with Crippen LogP contribution < -0.4 is 0 Å². The van der Waals surface area contributed by atoms with Gasteiger partial charge in [-0.05, 0) is 18.1 Å². The van der Waals surface area contributed by atoms with Crippen molar-refractivity contribution in [2.45, 2.75) is 6.42 Å². The summed E-state index contributed by atoms with van der Waals surface area (Å²) >= 11 is 0. The predicted octanol–water partition coefficient (Wildman–Crippen LogP) is 1.66. The summed E-state index contributed by atoms with van der Waals surface area (Å²) in [4.78, 5) is 11.4. The monoisotopic (exact) mass is 195 g/mol. The fourth-order valence-corrected chi connectivity index (χ4v) is 1.18. The van der Waals surface area contributed by atoms with Gasteiger partial charge in [0.1, 0.15) is 0 Å². The van der Waals surface area contributed by atoms with E-state index in [1.807, 2.05) is 0 Å². The van der Waals surface area contributed by atoms with Crippen LogP contribution in [0.1, 0.15) is 17.3 Å². The first kappa shape index (κ1) is 9.21. The van der Waals surface area contributed by atoms with Crippen LogP contribution in [0.15, 0.2) is 24.2 Å². The highest BCUT2D eigenvalue weighted by molar-refractivity contribution is 5.90. The third kappa shape index (κ3) is 2.57. The molecule has 0 heterocycles. The number of benzene rings is 1. The largest absolute Gasteiger partial charge is 0.465 e. The maximum absolute atomic E-state index is 11.4. The van der Waals surface area contributed by atoms with Gasteiger partial charge in [0, 0.05) is 7.11 Å². The lowest BCUT2D eigenvalue weighted by Crippen LogP contribution is -2.07. The highest BCUT2D eigenvalue weighted by Gasteiger charge is 2.09. The molecule has 0 N–H and O–H groups in total. The van der Waals surface area contributed by atoms with Crippen LogP contribution in [-0.2, 0) is 15.9 Å². The summed E-state index contributed by atoms with van der Waals surface area (Å²) in [5, 5.41) is 0. The normalized spacial score (nSPS) is 10.9. The van der Waals surface area contributed by atoms with Gasteiger partial charge in [0.15, 0.2) is 0 Å². The molecule has 3 heteroatoms. The molecule has 0 aliphatic rings. The van der Waals surface area contributed by atoms with Gasteiger partial charge >= 0.3 is 5.97 Å². The van der Waals surface area contributed by atoms with Gasteiger partial charge in [-0.15, -0.1) is 0 Å². The standard InChI is InChI=1S/C11H14O3/c1-13-8-7-9-5-3-4-6-10(9)11(12)14-2/h3-6H,7-8H2,1-2H3/i5D. The summed E-state index contributed by atoms with van der Waals surface area (Å²) in [6, 6.07) is 5.33. The zero-order valence-corrected chi connectivity index (χ0v) is 8.37. The van der Waals surface area contributed by atoms with Crippen molar-refractivity contribution in [3.8, 4) is 0 Å². The van der Waals surface area contributed by atoms with Gasteiger partial charge in [0.2, 0.25) is 0 Å². The third-order valence-corrected chi connectivity index (χ3v) is 1.90. The molecular formula is C11H14O3. The first-order valence-corrected chi connectivity index (χ1v) is 4.36. The van der Waals surface area contributed by atoms with Gasteiger partial charge in [-0.1, -0.05) is 18.2 Å². The molecule has 0 fully saturated rings. The molecule has 1 rings (SSSR count). The maximum atomic E-state index is 11.4. The second kappa shape index (κ2) is 5.40. The first-order valence-electron chi connectivity index (χ1n) is 4.86. The van der Waals surface area contributed by atoms with Crippen LogP contribution in [0.3, 0.4) is 0 Å². The number of ether oxygens (including phenoxy) is 2. The quantitative estimate of drug-likeness (QED) is 0.685. The number of esters is 1. The number of methoxy groups -OCH3 is 2. The minimum absolute atomic E-state index is 0.343. The number of hydrogen-bond acceptors (Lipinski definition) is 3. The molecule has 0 aliphatic carbocycles. The van der Waals surface area contributed by atoms with E-state index in [2.05, 4.69) is 4.74 Å². The third-order valence-electron chi connectivity index (χ3n) is 1.90. The molecule has 0 radical (unpaired) electrons. The molecule has 1 aromatic carbocycles. The molecule has 14 heavy (non-hydrogen) atoms. The molecule has 0 atom stereocenters. The Hall–Kier alpha value is -1.35. The van der Waals surface area contributed by atoms with Crippen molar-refractivity contribution in [3.05, 3.63) is 35.4 Å². The fourth-order valence-electron chi connectivity index (χ4n) is 1.18. The molecule has 0 spiro atoms. The minimum atomic E-state index is -0.407. The topological polar surface area (TPSA) is 35.5 Å². The summed E-state index contributed by atoms with van der Waals surface area (Å²) in [5.41, 5.74) is 1.12. The van der Waals surface area contributed by atoms with Crippen molar-refractivity contribution in [2.75, 3.05) is 20.8 Å². The van der Waals surface area contributed by atoms with Crippen LogP contribution in [0.4, 0.5) is 0 Å². The number of carbonyl (C=O) groups is 1. The summed E-state index contributed by atoms with van der Waals surface area (Å²) in [6.07, 6.45) is 0.542. The maximum Gasteiger partial charge on any atom is 0.338 e. The molecule has 3 nitrogen and oxygen atoms in total. The van der Waals surface area contributed by atoms with Crippen molar-refractivity contribution in [2.24, 2.45) is 0 Å². The molecule has 0 aromatic heterocycles. The van der Waals surface area contributed by atoms with E-state index >= 15 is 0 Å². The van der Waals surface area contributed by atoms with E-state index in [0.29, 0.717) is 30.2 Å². The summed E-state index contributed by atoms with van der Waals surface area (Å²) in [7, 11) is 2.92. The Labute approximate surface area is 85.0 Å². The Morgan fingerprint density at radius 3 is 2.93 bits per heavy atom. The molecule has 0 saturated heterocycles. The number of carbonyl (C=O) groups excluding carboxylic acids is 1.